The molecule has 0 fully saturated rings. The molecular weight excluding hydrogens is 248 g/mol. The van der Waals surface area contributed by atoms with Crippen molar-refractivity contribution in [2.45, 2.75) is 25.2 Å². The summed E-state index contributed by atoms with van der Waals surface area (Å²) < 4.78 is 19.9. The van der Waals surface area contributed by atoms with E-state index in [-0.39, 0.29) is 0 Å². The molecule has 0 aliphatic carbocycles. The molecule has 0 aliphatic heterocycles. The smallest absolute Gasteiger partial charge is 0.186 e. The van der Waals surface area contributed by atoms with Gasteiger partial charge in [0.15, 0.2) is 11.1 Å². The van der Waals surface area contributed by atoms with E-state index in [1.54, 1.807) is 18.2 Å². The first kappa shape index (κ1) is 15.1. The Kier molecular flexibility index (Phi) is 6.93. The van der Waals surface area contributed by atoms with Crippen LogP contribution in [-0.2, 0) is 11.1 Å². The summed E-state index contributed by atoms with van der Waals surface area (Å²) in [6, 6.07) is 7.06. The van der Waals surface area contributed by atoms with Gasteiger partial charge in [0.1, 0.15) is 0 Å². The number of rotatable bonds is 8. The maximum Gasteiger partial charge on any atom is 0.186 e. The van der Waals surface area contributed by atoms with Crippen LogP contribution in [0.15, 0.2) is 29.2 Å². The average molecular weight is 270 g/mol. The fraction of sp³-hybridized carbons (Fsp3) is 0.538. The number of anilines is 1. The highest BCUT2D eigenvalue weighted by Gasteiger charge is 2.01. The fourth-order valence-electron chi connectivity index (χ4n) is 1.79. The molecule has 0 saturated heterocycles. The Labute approximate surface area is 112 Å². The van der Waals surface area contributed by atoms with Crippen LogP contribution in [0.25, 0.3) is 0 Å². The lowest BCUT2D eigenvalue weighted by Gasteiger charge is -2.17. The van der Waals surface area contributed by atoms with E-state index in [9.17, 15) is 4.21 Å². The van der Waals surface area contributed by atoms with Gasteiger partial charge in [-0.1, -0.05) is 19.9 Å². The second-order valence-electron chi connectivity index (χ2n) is 4.08. The SMILES string of the molecule is CCN(CC)CCCNc1cccc(S(=O)O)c1. The number of hydrogen-bond acceptors (Lipinski definition) is 3. The Morgan fingerprint density at radius 1 is 1.33 bits per heavy atom. The average Bonchev–Trinajstić information content (AvgIpc) is 2.39. The standard InChI is InChI=1S/C13H22N2O2S/c1-3-15(4-2)10-6-9-14-12-7-5-8-13(11-12)18(16)17/h5,7-8,11,14H,3-4,6,9-10H2,1-2H3,(H,16,17). The van der Waals surface area contributed by atoms with Crippen LogP contribution in [0.1, 0.15) is 20.3 Å². The molecule has 1 aromatic rings. The van der Waals surface area contributed by atoms with Gasteiger partial charge in [0, 0.05) is 12.2 Å². The molecule has 5 heteroatoms. The topological polar surface area (TPSA) is 52.6 Å². The van der Waals surface area contributed by atoms with Gasteiger partial charge in [0.25, 0.3) is 0 Å². The molecule has 1 unspecified atom stereocenters. The van der Waals surface area contributed by atoms with Crippen LogP contribution in [0, 0.1) is 0 Å². The van der Waals surface area contributed by atoms with Gasteiger partial charge in [-0.3, -0.25) is 0 Å². The minimum absolute atomic E-state index is 0.434. The normalized spacial score (nSPS) is 12.7. The van der Waals surface area contributed by atoms with Crippen molar-refractivity contribution in [1.82, 2.24) is 4.90 Å². The molecule has 0 aromatic heterocycles. The Balaban J connectivity index is 2.35. The van der Waals surface area contributed by atoms with Gasteiger partial charge in [-0.05, 0) is 44.3 Å². The number of nitrogens with zero attached hydrogens (tertiary/aromatic N) is 1. The maximum absolute atomic E-state index is 10.9. The van der Waals surface area contributed by atoms with Gasteiger partial charge in [-0.2, -0.15) is 0 Å². The van der Waals surface area contributed by atoms with Crippen molar-refractivity contribution in [3.8, 4) is 0 Å². The molecule has 0 spiro atoms. The van der Waals surface area contributed by atoms with Gasteiger partial charge in [-0.25, -0.2) is 4.21 Å². The summed E-state index contributed by atoms with van der Waals surface area (Å²) in [6.45, 7) is 8.43. The molecular formula is C13H22N2O2S. The molecule has 0 aliphatic rings. The van der Waals surface area contributed by atoms with Crippen LogP contribution in [-0.4, -0.2) is 39.8 Å². The largest absolute Gasteiger partial charge is 0.385 e. The lowest BCUT2D eigenvalue weighted by molar-refractivity contribution is 0.303. The summed E-state index contributed by atoms with van der Waals surface area (Å²) >= 11 is -1.90. The zero-order valence-electron chi connectivity index (χ0n) is 11.1. The lowest BCUT2D eigenvalue weighted by Crippen LogP contribution is -2.25. The van der Waals surface area contributed by atoms with Crippen LogP contribution < -0.4 is 5.32 Å². The van der Waals surface area contributed by atoms with Gasteiger partial charge >= 0.3 is 0 Å². The van der Waals surface area contributed by atoms with Crippen LogP contribution in [0.4, 0.5) is 5.69 Å². The third kappa shape index (κ3) is 5.16. The minimum Gasteiger partial charge on any atom is -0.385 e. The van der Waals surface area contributed by atoms with E-state index in [0.29, 0.717) is 4.90 Å². The summed E-state index contributed by atoms with van der Waals surface area (Å²) in [5.74, 6) is 0. The highest BCUT2D eigenvalue weighted by Crippen LogP contribution is 2.12. The second-order valence-corrected chi connectivity index (χ2v) is 5.05. The summed E-state index contributed by atoms with van der Waals surface area (Å²) in [4.78, 5) is 2.81. The zero-order chi connectivity index (χ0) is 13.4. The zero-order valence-corrected chi connectivity index (χ0v) is 11.9. The van der Waals surface area contributed by atoms with Crippen molar-refractivity contribution in [1.29, 1.82) is 0 Å². The molecule has 0 saturated carbocycles. The summed E-state index contributed by atoms with van der Waals surface area (Å²) in [5.41, 5.74) is 0.898. The van der Waals surface area contributed by atoms with Crippen molar-refractivity contribution in [2.24, 2.45) is 0 Å². The highest BCUT2D eigenvalue weighted by atomic mass is 32.2. The van der Waals surface area contributed by atoms with E-state index < -0.39 is 11.1 Å². The molecule has 0 radical (unpaired) electrons. The van der Waals surface area contributed by atoms with Crippen molar-refractivity contribution >= 4 is 16.8 Å². The third-order valence-corrected chi connectivity index (χ3v) is 3.57. The van der Waals surface area contributed by atoms with E-state index in [1.807, 2.05) is 6.07 Å². The van der Waals surface area contributed by atoms with Crippen LogP contribution in [0.3, 0.4) is 0 Å². The van der Waals surface area contributed by atoms with Crippen molar-refractivity contribution < 1.29 is 8.76 Å². The van der Waals surface area contributed by atoms with E-state index in [0.717, 1.165) is 38.3 Å². The minimum atomic E-state index is -1.90. The van der Waals surface area contributed by atoms with Crippen molar-refractivity contribution in [2.75, 3.05) is 31.5 Å². The van der Waals surface area contributed by atoms with E-state index in [2.05, 4.69) is 24.1 Å². The Bertz CT molecular complexity index is 381. The quantitative estimate of drug-likeness (QED) is 0.562. The number of hydrogen-bond donors (Lipinski definition) is 2. The first-order chi connectivity index (χ1) is 8.67. The molecule has 0 amide bonds. The Hall–Kier alpha value is -0.910. The molecule has 102 valence electrons. The van der Waals surface area contributed by atoms with Crippen molar-refractivity contribution in [3.05, 3.63) is 24.3 Å². The third-order valence-electron chi connectivity index (χ3n) is 2.91. The summed E-state index contributed by atoms with van der Waals surface area (Å²) in [6.07, 6.45) is 1.06. The maximum atomic E-state index is 10.9. The van der Waals surface area contributed by atoms with E-state index >= 15 is 0 Å². The van der Waals surface area contributed by atoms with Gasteiger partial charge < -0.3 is 14.8 Å². The molecule has 2 N–H and O–H groups in total. The van der Waals surface area contributed by atoms with Gasteiger partial charge in [0.05, 0.1) is 4.90 Å². The van der Waals surface area contributed by atoms with Crippen LogP contribution in [0.5, 0.6) is 0 Å². The predicted molar refractivity (Wildman–Crippen MR) is 76.4 cm³/mol. The molecule has 18 heavy (non-hydrogen) atoms. The molecule has 1 aromatic carbocycles. The van der Waals surface area contributed by atoms with E-state index in [1.165, 1.54) is 0 Å². The number of benzene rings is 1. The van der Waals surface area contributed by atoms with Gasteiger partial charge in [0.2, 0.25) is 0 Å². The van der Waals surface area contributed by atoms with E-state index in [4.69, 9.17) is 4.55 Å². The number of nitrogens with one attached hydrogen (secondary N) is 1. The predicted octanol–water partition coefficient (Wildman–Crippen LogP) is 2.41. The monoisotopic (exact) mass is 270 g/mol. The molecule has 0 heterocycles. The molecule has 0 bridgehead atoms. The first-order valence-electron chi connectivity index (χ1n) is 6.34. The Morgan fingerprint density at radius 3 is 2.67 bits per heavy atom. The van der Waals surface area contributed by atoms with Crippen molar-refractivity contribution in [3.63, 3.8) is 0 Å². The van der Waals surface area contributed by atoms with Crippen LogP contribution >= 0.6 is 0 Å². The fourth-order valence-corrected chi connectivity index (χ4v) is 2.21. The summed E-state index contributed by atoms with van der Waals surface area (Å²) in [7, 11) is 0. The summed E-state index contributed by atoms with van der Waals surface area (Å²) in [5, 5.41) is 3.27. The van der Waals surface area contributed by atoms with Gasteiger partial charge in [-0.15, -0.1) is 0 Å². The molecule has 4 nitrogen and oxygen atoms in total. The Morgan fingerprint density at radius 2 is 2.06 bits per heavy atom. The highest BCUT2D eigenvalue weighted by molar-refractivity contribution is 7.79. The second kappa shape index (κ2) is 8.24. The first-order valence-corrected chi connectivity index (χ1v) is 7.45. The van der Waals surface area contributed by atoms with Crippen LogP contribution in [0.2, 0.25) is 0 Å². The molecule has 1 rings (SSSR count). The lowest BCUT2D eigenvalue weighted by atomic mass is 10.3. The molecule has 1 atom stereocenters.